The Kier molecular flexibility index (Phi) is 4.09. The summed E-state index contributed by atoms with van der Waals surface area (Å²) < 4.78 is 7.33. The van der Waals surface area contributed by atoms with Gasteiger partial charge in [0.1, 0.15) is 6.61 Å². The van der Waals surface area contributed by atoms with E-state index in [0.717, 1.165) is 0 Å². The minimum absolute atomic E-state index is 0.0445. The summed E-state index contributed by atoms with van der Waals surface area (Å²) >= 11 is 0. The van der Waals surface area contributed by atoms with Crippen molar-refractivity contribution in [1.29, 1.82) is 0 Å². The van der Waals surface area contributed by atoms with Crippen molar-refractivity contribution in [1.82, 2.24) is 4.57 Å². The average molecular weight is 209 g/mol. The van der Waals surface area contributed by atoms with Gasteiger partial charge in [0.05, 0.1) is 6.10 Å². The quantitative estimate of drug-likeness (QED) is 0.697. The van der Waals surface area contributed by atoms with Gasteiger partial charge in [0.25, 0.3) is 0 Å². The van der Waals surface area contributed by atoms with E-state index in [-0.39, 0.29) is 18.5 Å². The van der Waals surface area contributed by atoms with Gasteiger partial charge in [0.15, 0.2) is 5.78 Å². The van der Waals surface area contributed by atoms with E-state index in [1.165, 1.54) is 0 Å². The Morgan fingerprint density at radius 1 is 1.47 bits per heavy atom. The molecule has 1 rings (SSSR count). The number of rotatable bonds is 5. The predicted octanol–water partition coefficient (Wildman–Crippen LogP) is 2.27. The molecule has 3 nitrogen and oxygen atoms in total. The zero-order valence-electron chi connectivity index (χ0n) is 9.86. The summed E-state index contributed by atoms with van der Waals surface area (Å²) in [6, 6.07) is 1.81. The molecule has 1 aromatic rings. The summed E-state index contributed by atoms with van der Waals surface area (Å²) in [6.45, 7) is 6.32. The zero-order valence-corrected chi connectivity index (χ0v) is 9.86. The Morgan fingerprint density at radius 2 is 2.13 bits per heavy atom. The van der Waals surface area contributed by atoms with E-state index in [1.54, 1.807) is 0 Å². The highest BCUT2D eigenvalue weighted by atomic mass is 16.5. The molecule has 0 aliphatic carbocycles. The van der Waals surface area contributed by atoms with Gasteiger partial charge in [0.2, 0.25) is 0 Å². The number of hydrogen-bond donors (Lipinski definition) is 0. The van der Waals surface area contributed by atoms with Gasteiger partial charge in [-0.2, -0.15) is 0 Å². The third kappa shape index (κ3) is 3.51. The number of carbonyl (C=O) groups is 1. The summed E-state index contributed by atoms with van der Waals surface area (Å²) in [7, 11) is 1.90. The summed E-state index contributed by atoms with van der Waals surface area (Å²) in [5.41, 5.74) is 0.716. The molecule has 1 heterocycles. The van der Waals surface area contributed by atoms with E-state index in [0.29, 0.717) is 11.5 Å². The molecule has 1 atom stereocenters. The first-order valence-corrected chi connectivity index (χ1v) is 5.27. The van der Waals surface area contributed by atoms with E-state index >= 15 is 0 Å². The van der Waals surface area contributed by atoms with Crippen LogP contribution in [0.5, 0.6) is 0 Å². The normalized spacial score (nSPS) is 13.1. The van der Waals surface area contributed by atoms with Crippen molar-refractivity contribution >= 4 is 5.78 Å². The second kappa shape index (κ2) is 5.12. The molecule has 3 heteroatoms. The number of hydrogen-bond acceptors (Lipinski definition) is 2. The molecule has 84 valence electrons. The van der Waals surface area contributed by atoms with Gasteiger partial charge in [-0.05, 0) is 18.9 Å². The highest BCUT2D eigenvalue weighted by Crippen LogP contribution is 2.07. The smallest absolute Gasteiger partial charge is 0.189 e. The third-order valence-electron chi connectivity index (χ3n) is 2.57. The number of nitrogens with zero attached hydrogens (tertiary/aromatic N) is 1. The lowest BCUT2D eigenvalue weighted by Gasteiger charge is -2.15. The molecule has 0 aliphatic rings. The minimum atomic E-state index is 0.0445. The van der Waals surface area contributed by atoms with Crippen LogP contribution in [0.2, 0.25) is 0 Å². The highest BCUT2D eigenvalue weighted by Gasteiger charge is 2.12. The molecule has 0 N–H and O–H groups in total. The van der Waals surface area contributed by atoms with E-state index in [4.69, 9.17) is 4.74 Å². The summed E-state index contributed by atoms with van der Waals surface area (Å²) in [6.07, 6.45) is 3.79. The Bertz CT molecular complexity index is 328. The predicted molar refractivity (Wildman–Crippen MR) is 60.0 cm³/mol. The highest BCUT2D eigenvalue weighted by molar-refractivity contribution is 5.96. The fraction of sp³-hybridized carbons (Fsp3) is 0.583. The van der Waals surface area contributed by atoms with E-state index in [9.17, 15) is 4.79 Å². The van der Waals surface area contributed by atoms with Crippen LogP contribution in [0.25, 0.3) is 0 Å². The largest absolute Gasteiger partial charge is 0.370 e. The molecular formula is C12H19NO2. The number of ketones is 1. The SMILES string of the molecule is CC(C)C(C)OCC(=O)c1ccn(C)c1. The average Bonchev–Trinajstić information content (AvgIpc) is 2.60. The van der Waals surface area contributed by atoms with Gasteiger partial charge in [-0.15, -0.1) is 0 Å². The second-order valence-corrected chi connectivity index (χ2v) is 4.25. The van der Waals surface area contributed by atoms with Crippen molar-refractivity contribution in [2.45, 2.75) is 26.9 Å². The molecule has 0 spiro atoms. The zero-order chi connectivity index (χ0) is 11.4. The molecule has 15 heavy (non-hydrogen) atoms. The van der Waals surface area contributed by atoms with Crippen molar-refractivity contribution < 1.29 is 9.53 Å². The number of carbonyl (C=O) groups excluding carboxylic acids is 1. The fourth-order valence-electron chi connectivity index (χ4n) is 1.15. The first-order chi connectivity index (χ1) is 7.00. The molecule has 0 aromatic carbocycles. The molecule has 0 radical (unpaired) electrons. The summed E-state index contributed by atoms with van der Waals surface area (Å²) in [5.74, 6) is 0.483. The lowest BCUT2D eigenvalue weighted by atomic mass is 10.1. The van der Waals surface area contributed by atoms with Crippen LogP contribution in [0.1, 0.15) is 31.1 Å². The molecule has 0 saturated carbocycles. The van der Waals surface area contributed by atoms with E-state index in [1.807, 2.05) is 37.0 Å². The molecular weight excluding hydrogens is 190 g/mol. The summed E-state index contributed by atoms with van der Waals surface area (Å²) in [4.78, 5) is 11.6. The van der Waals surface area contributed by atoms with Crippen LogP contribution in [0.3, 0.4) is 0 Å². The van der Waals surface area contributed by atoms with Crippen LogP contribution in [-0.2, 0) is 11.8 Å². The lowest BCUT2D eigenvalue weighted by molar-refractivity contribution is 0.0336. The van der Waals surface area contributed by atoms with Gasteiger partial charge in [-0.1, -0.05) is 13.8 Å². The number of ether oxygens (including phenoxy) is 1. The second-order valence-electron chi connectivity index (χ2n) is 4.25. The maximum Gasteiger partial charge on any atom is 0.189 e. The third-order valence-corrected chi connectivity index (χ3v) is 2.57. The Hall–Kier alpha value is -1.09. The standard InChI is InChI=1S/C12H19NO2/c1-9(2)10(3)15-8-12(14)11-5-6-13(4)7-11/h5-7,9-10H,8H2,1-4H3. The van der Waals surface area contributed by atoms with Gasteiger partial charge < -0.3 is 9.30 Å². The van der Waals surface area contributed by atoms with Crippen molar-refractivity contribution in [2.75, 3.05) is 6.61 Å². The van der Waals surface area contributed by atoms with Gasteiger partial charge in [-0.3, -0.25) is 4.79 Å². The maximum atomic E-state index is 11.6. The van der Waals surface area contributed by atoms with E-state index in [2.05, 4.69) is 13.8 Å². The number of aryl methyl sites for hydroxylation is 1. The number of aromatic nitrogens is 1. The molecule has 1 unspecified atom stereocenters. The minimum Gasteiger partial charge on any atom is -0.370 e. The monoisotopic (exact) mass is 209 g/mol. The van der Waals surface area contributed by atoms with Gasteiger partial charge >= 0.3 is 0 Å². The van der Waals surface area contributed by atoms with E-state index < -0.39 is 0 Å². The van der Waals surface area contributed by atoms with Gasteiger partial charge in [0, 0.05) is 25.0 Å². The van der Waals surface area contributed by atoms with Crippen LogP contribution in [0.15, 0.2) is 18.5 Å². The van der Waals surface area contributed by atoms with Gasteiger partial charge in [-0.25, -0.2) is 0 Å². The molecule has 0 saturated heterocycles. The topological polar surface area (TPSA) is 31.2 Å². The molecule has 1 aromatic heterocycles. The lowest BCUT2D eigenvalue weighted by Crippen LogP contribution is -2.20. The Balaban J connectivity index is 2.43. The maximum absolute atomic E-state index is 11.6. The Labute approximate surface area is 91.0 Å². The number of Topliss-reactive ketones (excluding diaryl/α,β-unsaturated/α-hetero) is 1. The first-order valence-electron chi connectivity index (χ1n) is 5.27. The van der Waals surface area contributed by atoms with Crippen LogP contribution in [0.4, 0.5) is 0 Å². The van der Waals surface area contributed by atoms with Crippen molar-refractivity contribution in [3.05, 3.63) is 24.0 Å². The molecule has 0 aliphatic heterocycles. The molecule has 0 amide bonds. The summed E-state index contributed by atoms with van der Waals surface area (Å²) in [5, 5.41) is 0. The first kappa shape index (κ1) is 12.0. The molecule has 0 fully saturated rings. The van der Waals surface area contributed by atoms with Crippen molar-refractivity contribution in [3.63, 3.8) is 0 Å². The van der Waals surface area contributed by atoms with Crippen molar-refractivity contribution in [3.8, 4) is 0 Å². The van der Waals surface area contributed by atoms with Crippen LogP contribution in [0, 0.1) is 5.92 Å². The molecule has 0 bridgehead atoms. The van der Waals surface area contributed by atoms with Crippen molar-refractivity contribution in [2.24, 2.45) is 13.0 Å². The fourth-order valence-corrected chi connectivity index (χ4v) is 1.15. The van der Waals surface area contributed by atoms with Crippen LogP contribution >= 0.6 is 0 Å². The Morgan fingerprint density at radius 3 is 2.60 bits per heavy atom. The van der Waals surface area contributed by atoms with Crippen LogP contribution in [-0.4, -0.2) is 23.1 Å². The van der Waals surface area contributed by atoms with Crippen LogP contribution < -0.4 is 0 Å².